The highest BCUT2D eigenvalue weighted by molar-refractivity contribution is 5.69. The van der Waals surface area contributed by atoms with E-state index in [1.54, 1.807) is 34.6 Å². The molecule has 4 rings (SSSR count). The van der Waals surface area contributed by atoms with Gasteiger partial charge in [-0.3, -0.25) is 4.79 Å². The van der Waals surface area contributed by atoms with E-state index in [9.17, 15) is 35.4 Å². The summed E-state index contributed by atoms with van der Waals surface area (Å²) in [5.41, 5.74) is -7.39. The minimum Gasteiger partial charge on any atom is -0.456 e. The first kappa shape index (κ1) is 23.4. The fourth-order valence-electron chi connectivity index (χ4n) is 8.11. The Morgan fingerprint density at radius 1 is 0.968 bits per heavy atom. The third-order valence-electron chi connectivity index (χ3n) is 9.89. The molecular formula is C23H38O8. The smallest absolute Gasteiger partial charge is 0.305 e. The average molecular weight is 443 g/mol. The van der Waals surface area contributed by atoms with E-state index >= 15 is 0 Å². The summed E-state index contributed by atoms with van der Waals surface area (Å²) in [6.45, 7) is 8.10. The van der Waals surface area contributed by atoms with Crippen LogP contribution in [0, 0.1) is 28.6 Å². The summed E-state index contributed by atoms with van der Waals surface area (Å²) in [6, 6.07) is 0. The van der Waals surface area contributed by atoms with Crippen LogP contribution in [0.3, 0.4) is 0 Å². The van der Waals surface area contributed by atoms with Gasteiger partial charge in [-0.2, -0.15) is 0 Å². The summed E-state index contributed by atoms with van der Waals surface area (Å²) in [4.78, 5) is 12.4. The van der Waals surface area contributed by atoms with Gasteiger partial charge in [0, 0.05) is 29.1 Å². The first-order valence-corrected chi connectivity index (χ1v) is 11.5. The molecule has 178 valence electrons. The van der Waals surface area contributed by atoms with Crippen molar-refractivity contribution in [2.24, 2.45) is 28.6 Å². The van der Waals surface area contributed by atoms with Crippen LogP contribution in [0.4, 0.5) is 0 Å². The third kappa shape index (κ3) is 2.60. The molecule has 0 aromatic carbocycles. The number of rotatable bonds is 2. The van der Waals surface area contributed by atoms with Gasteiger partial charge in [-0.25, -0.2) is 0 Å². The molecule has 4 fully saturated rings. The highest BCUT2D eigenvalue weighted by atomic mass is 16.6. The predicted molar refractivity (Wildman–Crippen MR) is 110 cm³/mol. The second-order valence-electron chi connectivity index (χ2n) is 11.6. The quantitative estimate of drug-likeness (QED) is 0.330. The molecule has 0 radical (unpaired) electrons. The zero-order chi connectivity index (χ0) is 23.4. The lowest BCUT2D eigenvalue weighted by molar-refractivity contribution is -0.235. The van der Waals surface area contributed by atoms with Crippen LogP contribution in [0.1, 0.15) is 66.7 Å². The van der Waals surface area contributed by atoms with E-state index in [0.29, 0.717) is 12.8 Å². The van der Waals surface area contributed by atoms with Crippen LogP contribution in [-0.4, -0.2) is 77.8 Å². The molecule has 4 saturated carbocycles. The molecule has 0 aromatic heterocycles. The molecule has 0 amide bonds. The maximum atomic E-state index is 12.4. The highest BCUT2D eigenvalue weighted by Gasteiger charge is 2.80. The van der Waals surface area contributed by atoms with Gasteiger partial charge in [0.25, 0.3) is 0 Å². The van der Waals surface area contributed by atoms with Crippen LogP contribution in [0.25, 0.3) is 0 Å². The molecule has 1 spiro atoms. The summed E-state index contributed by atoms with van der Waals surface area (Å²) < 4.78 is 5.68. The van der Waals surface area contributed by atoms with Gasteiger partial charge in [0.1, 0.15) is 11.7 Å². The number of ether oxygens (including phenoxy) is 1. The van der Waals surface area contributed by atoms with Crippen LogP contribution < -0.4 is 0 Å². The topological polar surface area (TPSA) is 148 Å². The number of aliphatic hydroxyl groups excluding tert-OH is 3. The monoisotopic (exact) mass is 442 g/mol. The largest absolute Gasteiger partial charge is 0.456 e. The Morgan fingerprint density at radius 2 is 1.58 bits per heavy atom. The van der Waals surface area contributed by atoms with Crippen molar-refractivity contribution in [1.82, 2.24) is 0 Å². The molecular weight excluding hydrogens is 404 g/mol. The maximum Gasteiger partial charge on any atom is 0.305 e. The number of fused-ring (bicyclic) bond motifs is 2. The SMILES string of the molecule is CCC(=O)O[C@@H]1[C@@H](O)[C@@]23C[C@@](C)(O)[C@@H](CC[C@@H]2[C@](C)(O)[C@H]2C[C@@H](O)C(C)(C)[C@@]12O)[C@@H]3O. The minimum absolute atomic E-state index is 0.0137. The summed E-state index contributed by atoms with van der Waals surface area (Å²) in [6.07, 6.45) is -4.16. The van der Waals surface area contributed by atoms with Crippen LogP contribution >= 0.6 is 0 Å². The summed E-state index contributed by atoms with van der Waals surface area (Å²) in [5, 5.41) is 69.3. The second kappa shape index (κ2) is 6.64. The number of esters is 1. The van der Waals surface area contributed by atoms with E-state index in [0.717, 1.165) is 0 Å². The summed E-state index contributed by atoms with van der Waals surface area (Å²) in [5.74, 6) is -2.71. The lowest BCUT2D eigenvalue weighted by Gasteiger charge is -2.52. The predicted octanol–water partition coefficient (Wildman–Crippen LogP) is 0.1000. The first-order valence-electron chi connectivity index (χ1n) is 11.5. The van der Waals surface area contributed by atoms with Gasteiger partial charge >= 0.3 is 5.97 Å². The van der Waals surface area contributed by atoms with E-state index in [-0.39, 0.29) is 19.3 Å². The lowest BCUT2D eigenvalue weighted by atomic mass is 9.56. The number of carbonyl (C=O) groups excluding carboxylic acids is 1. The second-order valence-corrected chi connectivity index (χ2v) is 11.6. The zero-order valence-corrected chi connectivity index (χ0v) is 19.1. The van der Waals surface area contributed by atoms with E-state index < -0.39 is 75.8 Å². The normalized spacial score (nSPS) is 57.7. The van der Waals surface area contributed by atoms with Crippen molar-refractivity contribution in [3.63, 3.8) is 0 Å². The van der Waals surface area contributed by atoms with Crippen LogP contribution in [-0.2, 0) is 9.53 Å². The Balaban J connectivity index is 1.98. The first-order chi connectivity index (χ1) is 14.1. The Kier molecular flexibility index (Phi) is 5.01. The number of hydrogen-bond acceptors (Lipinski definition) is 8. The Hall–Kier alpha value is -0.770. The fourth-order valence-corrected chi connectivity index (χ4v) is 8.11. The fraction of sp³-hybridized carbons (Fsp3) is 0.957. The molecule has 0 aliphatic heterocycles. The van der Waals surface area contributed by atoms with E-state index in [1.165, 1.54) is 0 Å². The average Bonchev–Trinajstić information content (AvgIpc) is 2.90. The maximum absolute atomic E-state index is 12.4. The van der Waals surface area contributed by atoms with Crippen LogP contribution in [0.2, 0.25) is 0 Å². The summed E-state index contributed by atoms with van der Waals surface area (Å²) in [7, 11) is 0. The van der Waals surface area contributed by atoms with Crippen molar-refractivity contribution >= 4 is 5.97 Å². The Labute approximate surface area is 183 Å². The molecule has 4 aliphatic rings. The van der Waals surface area contributed by atoms with Crippen molar-refractivity contribution in [3.05, 3.63) is 0 Å². The minimum atomic E-state index is -1.95. The zero-order valence-electron chi connectivity index (χ0n) is 19.1. The molecule has 0 aromatic rings. The van der Waals surface area contributed by atoms with Crippen molar-refractivity contribution in [2.45, 2.75) is 108 Å². The molecule has 0 saturated heterocycles. The van der Waals surface area contributed by atoms with Gasteiger partial charge in [-0.1, -0.05) is 20.8 Å². The Bertz CT molecular complexity index is 763. The molecule has 31 heavy (non-hydrogen) atoms. The van der Waals surface area contributed by atoms with Crippen molar-refractivity contribution in [1.29, 1.82) is 0 Å². The summed E-state index contributed by atoms with van der Waals surface area (Å²) >= 11 is 0. The van der Waals surface area contributed by atoms with E-state index in [2.05, 4.69) is 0 Å². The Morgan fingerprint density at radius 3 is 2.16 bits per heavy atom. The number of carbonyl (C=O) groups is 1. The van der Waals surface area contributed by atoms with Gasteiger partial charge in [0.05, 0.1) is 23.4 Å². The van der Waals surface area contributed by atoms with Gasteiger partial charge in [0.2, 0.25) is 0 Å². The van der Waals surface area contributed by atoms with Gasteiger partial charge in [-0.05, 0) is 45.4 Å². The molecule has 0 heterocycles. The molecule has 11 atom stereocenters. The van der Waals surface area contributed by atoms with E-state index in [4.69, 9.17) is 4.74 Å². The number of hydrogen-bond donors (Lipinski definition) is 6. The number of aliphatic hydroxyl groups is 6. The molecule has 8 heteroatoms. The van der Waals surface area contributed by atoms with Crippen molar-refractivity contribution in [2.75, 3.05) is 0 Å². The molecule has 8 nitrogen and oxygen atoms in total. The van der Waals surface area contributed by atoms with Gasteiger partial charge in [0.15, 0.2) is 6.10 Å². The molecule has 4 aliphatic carbocycles. The van der Waals surface area contributed by atoms with E-state index in [1.807, 2.05) is 0 Å². The standard InChI is InChI=1S/C23H38O8/c1-6-15(25)31-18-17(27)22-10-20(4,28)11(16(22)26)7-8-12(22)21(5,29)13-9-14(24)19(2,3)23(13,18)30/h11-14,16-18,24,26-30H,6-10H2,1-5H3/t11-,12+,13+,14+,16-,17+,18+,20+,21-,22-,23-/m0/s1. The highest BCUT2D eigenvalue weighted by Crippen LogP contribution is 2.70. The molecule has 0 unspecified atom stereocenters. The van der Waals surface area contributed by atoms with Crippen LogP contribution in [0.5, 0.6) is 0 Å². The molecule has 2 bridgehead atoms. The van der Waals surface area contributed by atoms with Gasteiger partial charge < -0.3 is 35.4 Å². The third-order valence-corrected chi connectivity index (χ3v) is 9.89. The van der Waals surface area contributed by atoms with Crippen molar-refractivity contribution in [3.8, 4) is 0 Å². The van der Waals surface area contributed by atoms with Crippen molar-refractivity contribution < 1.29 is 40.2 Å². The molecule has 6 N–H and O–H groups in total. The lowest BCUT2D eigenvalue weighted by Crippen LogP contribution is -2.64. The van der Waals surface area contributed by atoms with Gasteiger partial charge in [-0.15, -0.1) is 0 Å². The van der Waals surface area contributed by atoms with Crippen LogP contribution in [0.15, 0.2) is 0 Å².